The molecule has 0 heterocycles. The van der Waals surface area contributed by atoms with Crippen molar-refractivity contribution in [2.45, 2.75) is 38.8 Å². The highest BCUT2D eigenvalue weighted by molar-refractivity contribution is 5.91. The smallest absolute Gasteiger partial charge is 0.340 e. The van der Waals surface area contributed by atoms with E-state index < -0.39 is 17.6 Å². The van der Waals surface area contributed by atoms with Crippen LogP contribution in [-0.2, 0) is 19.9 Å². The molecule has 0 saturated carbocycles. The number of aryl methyl sites for hydroxylation is 1. The molecule has 0 aliphatic rings. The Bertz CT molecular complexity index is 1150. The van der Waals surface area contributed by atoms with Gasteiger partial charge in [0.25, 0.3) is 0 Å². The molecule has 0 radical (unpaired) electrons. The van der Waals surface area contributed by atoms with Gasteiger partial charge in [0.2, 0.25) is 5.91 Å². The van der Waals surface area contributed by atoms with E-state index in [9.17, 15) is 9.59 Å². The van der Waals surface area contributed by atoms with E-state index in [0.29, 0.717) is 5.56 Å². The van der Waals surface area contributed by atoms with Gasteiger partial charge < -0.3 is 15.4 Å². The van der Waals surface area contributed by atoms with Gasteiger partial charge in [0.05, 0.1) is 6.04 Å². The van der Waals surface area contributed by atoms with E-state index in [0.717, 1.165) is 16.8 Å². The highest BCUT2D eigenvalue weighted by atomic mass is 16.5. The minimum Gasteiger partial charge on any atom is -0.450 e. The average molecular weight is 455 g/mol. The Morgan fingerprint density at radius 2 is 1.56 bits per heavy atom. The van der Waals surface area contributed by atoms with Gasteiger partial charge in [0.15, 0.2) is 12.1 Å². The molecule has 0 aliphatic heterocycles. The molecule has 0 fully saturated rings. The number of hydrogen-bond donors (Lipinski definition) is 2. The fourth-order valence-electron chi connectivity index (χ4n) is 3.80. The summed E-state index contributed by atoms with van der Waals surface area (Å²) in [7, 11) is 0. The number of carbonyl (C=O) groups excluding carboxylic acids is 2. The molecule has 174 valence electrons. The summed E-state index contributed by atoms with van der Waals surface area (Å²) in [6.45, 7) is 5.34. The monoisotopic (exact) mass is 454 g/mol. The molecule has 0 spiro atoms. The topological polar surface area (TPSA) is 67.4 Å². The van der Waals surface area contributed by atoms with Gasteiger partial charge >= 0.3 is 5.97 Å². The summed E-state index contributed by atoms with van der Waals surface area (Å²) in [5, 5.41) is 6.54. The van der Waals surface area contributed by atoms with Crippen LogP contribution in [0.5, 0.6) is 0 Å². The molecule has 0 bridgehead atoms. The number of ether oxygens (including phenoxy) is 1. The van der Waals surface area contributed by atoms with Crippen LogP contribution < -0.4 is 10.6 Å². The van der Waals surface area contributed by atoms with Crippen LogP contribution >= 0.6 is 0 Å². The SMILES string of the molecule is CC#CCOC(=O)[C@@](NC(=O)CC)(c1ccc(C)cc1)[C@@H](Nc1ccccc1)c1ccccc1. The van der Waals surface area contributed by atoms with Crippen LogP contribution in [0.2, 0.25) is 0 Å². The summed E-state index contributed by atoms with van der Waals surface area (Å²) in [5.41, 5.74) is 1.73. The Kier molecular flexibility index (Phi) is 8.48. The van der Waals surface area contributed by atoms with E-state index in [-0.39, 0.29) is 18.9 Å². The first-order valence-corrected chi connectivity index (χ1v) is 11.3. The van der Waals surface area contributed by atoms with Gasteiger partial charge in [-0.2, -0.15) is 0 Å². The van der Waals surface area contributed by atoms with Crippen molar-refractivity contribution in [1.29, 1.82) is 0 Å². The second kappa shape index (κ2) is 11.7. The lowest BCUT2D eigenvalue weighted by Gasteiger charge is -2.40. The van der Waals surface area contributed by atoms with Gasteiger partial charge in [0.1, 0.15) is 0 Å². The summed E-state index contributed by atoms with van der Waals surface area (Å²) < 4.78 is 5.65. The predicted molar refractivity (Wildman–Crippen MR) is 135 cm³/mol. The van der Waals surface area contributed by atoms with Crippen molar-refractivity contribution in [2.24, 2.45) is 0 Å². The van der Waals surface area contributed by atoms with E-state index >= 15 is 0 Å². The molecule has 0 unspecified atom stereocenters. The first-order valence-electron chi connectivity index (χ1n) is 11.3. The molecule has 3 rings (SSSR count). The van der Waals surface area contributed by atoms with Crippen molar-refractivity contribution >= 4 is 17.6 Å². The molecule has 5 nitrogen and oxygen atoms in total. The largest absolute Gasteiger partial charge is 0.450 e. The molecule has 5 heteroatoms. The number of carbonyl (C=O) groups is 2. The molecule has 0 saturated heterocycles. The molecule has 0 aromatic heterocycles. The van der Waals surface area contributed by atoms with Crippen LogP contribution in [0.25, 0.3) is 0 Å². The summed E-state index contributed by atoms with van der Waals surface area (Å²) in [6, 6.07) is 26.1. The van der Waals surface area contributed by atoms with Crippen LogP contribution in [0, 0.1) is 18.8 Å². The Morgan fingerprint density at radius 3 is 2.15 bits per heavy atom. The molecule has 2 N–H and O–H groups in total. The highest BCUT2D eigenvalue weighted by Gasteiger charge is 2.51. The lowest BCUT2D eigenvalue weighted by Crippen LogP contribution is -2.58. The fraction of sp³-hybridized carbons (Fsp3) is 0.241. The number of benzene rings is 3. The number of nitrogens with one attached hydrogen (secondary N) is 2. The zero-order valence-electron chi connectivity index (χ0n) is 19.8. The first-order chi connectivity index (χ1) is 16.5. The van der Waals surface area contributed by atoms with E-state index in [1.165, 1.54) is 0 Å². The standard InChI is InChI=1S/C29H30N2O3/c1-4-6-21-34-28(33)29(31-26(32)5-2,24-19-17-22(3)18-20-24)27(23-13-9-7-10-14-23)30-25-15-11-8-12-16-25/h7-20,27,30H,5,21H2,1-3H3,(H,31,32)/t27-,29+/m0/s1. The predicted octanol–water partition coefficient (Wildman–Crippen LogP) is 5.14. The van der Waals surface area contributed by atoms with Gasteiger partial charge in [0, 0.05) is 12.1 Å². The Morgan fingerprint density at radius 1 is 0.941 bits per heavy atom. The maximum Gasteiger partial charge on any atom is 0.340 e. The molecular weight excluding hydrogens is 424 g/mol. The Hall–Kier alpha value is -4.04. The van der Waals surface area contributed by atoms with Crippen molar-refractivity contribution in [1.82, 2.24) is 5.32 Å². The minimum atomic E-state index is -1.55. The lowest BCUT2D eigenvalue weighted by atomic mass is 9.78. The number of rotatable bonds is 9. The lowest BCUT2D eigenvalue weighted by molar-refractivity contribution is -0.154. The van der Waals surface area contributed by atoms with Crippen LogP contribution in [0.3, 0.4) is 0 Å². The van der Waals surface area contributed by atoms with Crippen LogP contribution in [0.15, 0.2) is 84.9 Å². The second-order valence-corrected chi connectivity index (χ2v) is 7.93. The fourth-order valence-corrected chi connectivity index (χ4v) is 3.80. The average Bonchev–Trinajstić information content (AvgIpc) is 2.87. The van der Waals surface area contributed by atoms with E-state index in [1.807, 2.05) is 91.9 Å². The molecule has 3 aromatic carbocycles. The number of esters is 1. The summed E-state index contributed by atoms with van der Waals surface area (Å²) in [5.74, 6) is 4.67. The van der Waals surface area contributed by atoms with E-state index in [2.05, 4.69) is 22.5 Å². The van der Waals surface area contributed by atoms with Gasteiger partial charge in [-0.1, -0.05) is 91.2 Å². The maximum atomic E-state index is 13.9. The van der Waals surface area contributed by atoms with Crippen molar-refractivity contribution < 1.29 is 14.3 Å². The molecule has 34 heavy (non-hydrogen) atoms. The third kappa shape index (κ3) is 5.65. The third-order valence-electron chi connectivity index (χ3n) is 5.59. The third-order valence-corrected chi connectivity index (χ3v) is 5.59. The van der Waals surface area contributed by atoms with Crippen molar-refractivity contribution in [3.05, 3.63) is 102 Å². The van der Waals surface area contributed by atoms with Crippen LogP contribution in [0.1, 0.15) is 43.0 Å². The Balaban J connectivity index is 2.28. The molecule has 1 amide bonds. The van der Waals surface area contributed by atoms with Gasteiger partial charge in [-0.15, -0.1) is 5.92 Å². The van der Waals surface area contributed by atoms with E-state index in [4.69, 9.17) is 4.74 Å². The number of hydrogen-bond acceptors (Lipinski definition) is 4. The summed E-state index contributed by atoms with van der Waals surface area (Å²) in [4.78, 5) is 26.9. The summed E-state index contributed by atoms with van der Waals surface area (Å²) in [6.07, 6.45) is 0.211. The van der Waals surface area contributed by atoms with Gasteiger partial charge in [-0.05, 0) is 37.1 Å². The van der Waals surface area contributed by atoms with Gasteiger partial charge in [-0.3, -0.25) is 4.79 Å². The molecule has 3 aromatic rings. The van der Waals surface area contributed by atoms with Crippen molar-refractivity contribution in [2.75, 3.05) is 11.9 Å². The van der Waals surface area contributed by atoms with Gasteiger partial charge in [-0.25, -0.2) is 4.79 Å². The van der Waals surface area contributed by atoms with E-state index in [1.54, 1.807) is 13.8 Å². The molecule has 0 aliphatic carbocycles. The zero-order chi connectivity index (χ0) is 24.4. The number of para-hydroxylation sites is 1. The maximum absolute atomic E-state index is 13.9. The first kappa shape index (κ1) is 24.6. The second-order valence-electron chi connectivity index (χ2n) is 7.93. The zero-order valence-corrected chi connectivity index (χ0v) is 19.8. The van der Waals surface area contributed by atoms with Crippen LogP contribution in [0.4, 0.5) is 5.69 Å². The Labute approximate surface area is 201 Å². The minimum absolute atomic E-state index is 0.0716. The number of amides is 1. The molecular formula is C29H30N2O3. The van der Waals surface area contributed by atoms with Crippen molar-refractivity contribution in [3.63, 3.8) is 0 Å². The highest BCUT2D eigenvalue weighted by Crippen LogP contribution is 2.39. The molecule has 2 atom stereocenters. The quantitative estimate of drug-likeness (QED) is 0.347. The normalized spacial score (nSPS) is 12.9. The number of anilines is 1. The summed E-state index contributed by atoms with van der Waals surface area (Å²) >= 11 is 0. The van der Waals surface area contributed by atoms with Crippen LogP contribution in [-0.4, -0.2) is 18.5 Å². The van der Waals surface area contributed by atoms with Crippen molar-refractivity contribution in [3.8, 4) is 11.8 Å².